The van der Waals surface area contributed by atoms with Crippen molar-refractivity contribution in [2.24, 2.45) is 0 Å². The maximum absolute atomic E-state index is 10.6. The first-order valence-corrected chi connectivity index (χ1v) is 6.62. The molecule has 0 aliphatic rings. The van der Waals surface area contributed by atoms with Gasteiger partial charge in [0.2, 0.25) is 0 Å². The summed E-state index contributed by atoms with van der Waals surface area (Å²) in [5.74, 6) is 7.02. The van der Waals surface area contributed by atoms with Crippen LogP contribution in [0.4, 0.5) is 0 Å². The standard InChI is InChI=1S/C18H16O2/c1-2-13-20-18-11-9-16(10-12-18)4-3-15-5-7-17(14-19)8-6-15/h5-12,14H,2,13H2,1H3. The highest BCUT2D eigenvalue weighted by Crippen LogP contribution is 2.12. The average Bonchev–Trinajstić information content (AvgIpc) is 2.52. The van der Waals surface area contributed by atoms with Gasteiger partial charge in [-0.2, -0.15) is 0 Å². The minimum atomic E-state index is 0.660. The molecule has 0 aromatic heterocycles. The van der Waals surface area contributed by atoms with E-state index in [1.54, 1.807) is 12.1 Å². The van der Waals surface area contributed by atoms with Gasteiger partial charge >= 0.3 is 0 Å². The Hall–Kier alpha value is -2.53. The molecule has 0 unspecified atom stereocenters. The molecule has 0 radical (unpaired) electrons. The Morgan fingerprint density at radius 1 is 0.950 bits per heavy atom. The lowest BCUT2D eigenvalue weighted by Crippen LogP contribution is -1.94. The zero-order valence-electron chi connectivity index (χ0n) is 11.4. The monoisotopic (exact) mass is 264 g/mol. The minimum Gasteiger partial charge on any atom is -0.494 e. The van der Waals surface area contributed by atoms with Gasteiger partial charge in [-0.15, -0.1) is 0 Å². The van der Waals surface area contributed by atoms with Crippen LogP contribution in [0.25, 0.3) is 0 Å². The van der Waals surface area contributed by atoms with Gasteiger partial charge in [-0.25, -0.2) is 0 Å². The Kier molecular flexibility index (Phi) is 4.97. The SMILES string of the molecule is CCCOc1ccc(C#Cc2ccc(C=O)cc2)cc1. The molecule has 2 heteroatoms. The summed E-state index contributed by atoms with van der Waals surface area (Å²) in [6.07, 6.45) is 1.82. The molecule has 0 saturated carbocycles. The molecule has 2 aromatic rings. The Morgan fingerprint density at radius 3 is 2.00 bits per heavy atom. The molecule has 2 rings (SSSR count). The third-order valence-corrected chi connectivity index (χ3v) is 2.73. The highest BCUT2D eigenvalue weighted by atomic mass is 16.5. The molecular weight excluding hydrogens is 248 g/mol. The molecule has 20 heavy (non-hydrogen) atoms. The number of benzene rings is 2. The van der Waals surface area contributed by atoms with Crippen LogP contribution in [-0.4, -0.2) is 12.9 Å². The largest absolute Gasteiger partial charge is 0.494 e. The molecule has 2 aromatic carbocycles. The number of ether oxygens (including phenoxy) is 1. The fourth-order valence-corrected chi connectivity index (χ4v) is 1.64. The van der Waals surface area contributed by atoms with E-state index in [9.17, 15) is 4.79 Å². The van der Waals surface area contributed by atoms with E-state index in [1.807, 2.05) is 36.4 Å². The number of hydrogen-bond donors (Lipinski definition) is 0. The summed E-state index contributed by atoms with van der Waals surface area (Å²) in [5, 5.41) is 0. The highest BCUT2D eigenvalue weighted by Gasteiger charge is 1.93. The fraction of sp³-hybridized carbons (Fsp3) is 0.167. The van der Waals surface area contributed by atoms with Gasteiger partial charge in [0.1, 0.15) is 12.0 Å². The van der Waals surface area contributed by atoms with Crippen molar-refractivity contribution in [2.75, 3.05) is 6.61 Å². The van der Waals surface area contributed by atoms with Crippen LogP contribution < -0.4 is 4.74 Å². The first-order chi connectivity index (χ1) is 9.81. The molecule has 0 saturated heterocycles. The molecule has 0 fully saturated rings. The van der Waals surface area contributed by atoms with Crippen LogP contribution >= 0.6 is 0 Å². The molecule has 0 bridgehead atoms. The molecule has 0 atom stereocenters. The van der Waals surface area contributed by atoms with Gasteiger partial charge in [0.25, 0.3) is 0 Å². The van der Waals surface area contributed by atoms with E-state index in [0.29, 0.717) is 5.56 Å². The lowest BCUT2D eigenvalue weighted by atomic mass is 10.1. The van der Waals surface area contributed by atoms with Crippen molar-refractivity contribution in [1.29, 1.82) is 0 Å². The van der Waals surface area contributed by atoms with Crippen molar-refractivity contribution < 1.29 is 9.53 Å². The molecule has 0 amide bonds. The summed E-state index contributed by atoms with van der Waals surface area (Å²) in [5.41, 5.74) is 2.49. The van der Waals surface area contributed by atoms with Crippen molar-refractivity contribution in [3.63, 3.8) is 0 Å². The molecule has 0 aliphatic carbocycles. The number of aldehydes is 1. The summed E-state index contributed by atoms with van der Waals surface area (Å²) < 4.78 is 5.52. The van der Waals surface area contributed by atoms with Crippen LogP contribution in [0.1, 0.15) is 34.8 Å². The first kappa shape index (κ1) is 13.9. The average molecular weight is 264 g/mol. The van der Waals surface area contributed by atoms with Gasteiger partial charge in [0, 0.05) is 16.7 Å². The molecule has 2 nitrogen and oxygen atoms in total. The lowest BCUT2D eigenvalue weighted by Gasteiger charge is -2.03. The number of hydrogen-bond acceptors (Lipinski definition) is 2. The molecule has 0 heterocycles. The Labute approximate surface area is 119 Å². The molecule has 0 N–H and O–H groups in total. The van der Waals surface area contributed by atoms with E-state index in [0.717, 1.165) is 36.2 Å². The summed E-state index contributed by atoms with van der Waals surface area (Å²) in [7, 11) is 0. The van der Waals surface area contributed by atoms with Crippen LogP contribution in [0.3, 0.4) is 0 Å². The summed E-state index contributed by atoms with van der Waals surface area (Å²) >= 11 is 0. The molecule has 100 valence electrons. The van der Waals surface area contributed by atoms with E-state index in [4.69, 9.17) is 4.74 Å². The van der Waals surface area contributed by atoms with Crippen molar-refractivity contribution >= 4 is 6.29 Å². The van der Waals surface area contributed by atoms with Crippen LogP contribution in [0.5, 0.6) is 5.75 Å². The van der Waals surface area contributed by atoms with E-state index in [-0.39, 0.29) is 0 Å². The van der Waals surface area contributed by atoms with E-state index in [2.05, 4.69) is 18.8 Å². The van der Waals surface area contributed by atoms with Crippen molar-refractivity contribution in [2.45, 2.75) is 13.3 Å². The quantitative estimate of drug-likeness (QED) is 0.622. The smallest absolute Gasteiger partial charge is 0.150 e. The second-order valence-corrected chi connectivity index (χ2v) is 4.36. The van der Waals surface area contributed by atoms with E-state index < -0.39 is 0 Å². The Morgan fingerprint density at radius 2 is 1.50 bits per heavy atom. The number of carbonyl (C=O) groups is 1. The molecule has 0 aliphatic heterocycles. The van der Waals surface area contributed by atoms with Gasteiger partial charge in [-0.05, 0) is 42.8 Å². The summed E-state index contributed by atoms with van der Waals surface area (Å²) in [6, 6.07) is 14.9. The van der Waals surface area contributed by atoms with Gasteiger partial charge in [-0.1, -0.05) is 30.9 Å². The zero-order valence-corrected chi connectivity index (χ0v) is 11.4. The Balaban J connectivity index is 2.05. The first-order valence-electron chi connectivity index (χ1n) is 6.62. The third-order valence-electron chi connectivity index (χ3n) is 2.73. The van der Waals surface area contributed by atoms with Gasteiger partial charge in [0.05, 0.1) is 6.61 Å². The van der Waals surface area contributed by atoms with Crippen molar-refractivity contribution in [1.82, 2.24) is 0 Å². The van der Waals surface area contributed by atoms with Crippen LogP contribution in [0, 0.1) is 11.8 Å². The predicted molar refractivity (Wildman–Crippen MR) is 80.0 cm³/mol. The molecule has 0 spiro atoms. The minimum absolute atomic E-state index is 0.660. The summed E-state index contributed by atoms with van der Waals surface area (Å²) in [4.78, 5) is 10.6. The molecular formula is C18H16O2. The highest BCUT2D eigenvalue weighted by molar-refractivity contribution is 5.74. The van der Waals surface area contributed by atoms with Crippen molar-refractivity contribution in [3.05, 3.63) is 65.2 Å². The maximum atomic E-state index is 10.6. The van der Waals surface area contributed by atoms with Gasteiger partial charge in [0.15, 0.2) is 0 Å². The summed E-state index contributed by atoms with van der Waals surface area (Å²) in [6.45, 7) is 2.81. The number of rotatable bonds is 4. The number of carbonyl (C=O) groups excluding carboxylic acids is 1. The Bertz CT molecular complexity index is 613. The van der Waals surface area contributed by atoms with Crippen LogP contribution in [0.2, 0.25) is 0 Å². The maximum Gasteiger partial charge on any atom is 0.150 e. The predicted octanol–water partition coefficient (Wildman–Crippen LogP) is 3.69. The normalized spacial score (nSPS) is 9.45. The lowest BCUT2D eigenvalue weighted by molar-refractivity contribution is 0.112. The van der Waals surface area contributed by atoms with Gasteiger partial charge in [-0.3, -0.25) is 4.79 Å². The van der Waals surface area contributed by atoms with Crippen LogP contribution in [0.15, 0.2) is 48.5 Å². The van der Waals surface area contributed by atoms with E-state index in [1.165, 1.54) is 0 Å². The fourth-order valence-electron chi connectivity index (χ4n) is 1.64. The zero-order chi connectivity index (χ0) is 14.2. The van der Waals surface area contributed by atoms with Crippen molar-refractivity contribution in [3.8, 4) is 17.6 Å². The van der Waals surface area contributed by atoms with Gasteiger partial charge < -0.3 is 4.74 Å². The van der Waals surface area contributed by atoms with E-state index >= 15 is 0 Å². The second-order valence-electron chi connectivity index (χ2n) is 4.36. The topological polar surface area (TPSA) is 26.3 Å². The third kappa shape index (κ3) is 4.00. The second kappa shape index (κ2) is 7.16. The van der Waals surface area contributed by atoms with Crippen LogP contribution in [-0.2, 0) is 0 Å².